The van der Waals surface area contributed by atoms with Crippen LogP contribution in [0, 0.1) is 0 Å². The fourth-order valence-electron chi connectivity index (χ4n) is 3.57. The van der Waals surface area contributed by atoms with Crippen molar-refractivity contribution in [2.75, 3.05) is 31.5 Å². The van der Waals surface area contributed by atoms with Crippen LogP contribution in [0.15, 0.2) is 36.7 Å². The van der Waals surface area contributed by atoms with Gasteiger partial charge < -0.3 is 10.2 Å². The van der Waals surface area contributed by atoms with Crippen molar-refractivity contribution in [3.63, 3.8) is 0 Å². The van der Waals surface area contributed by atoms with Gasteiger partial charge in [-0.1, -0.05) is 6.42 Å². The number of piperidine rings is 1. The van der Waals surface area contributed by atoms with Crippen LogP contribution < -0.4 is 5.32 Å². The van der Waals surface area contributed by atoms with E-state index in [-0.39, 0.29) is 6.03 Å². The molecule has 2 saturated heterocycles. The third-order valence-electron chi connectivity index (χ3n) is 4.89. The summed E-state index contributed by atoms with van der Waals surface area (Å²) in [7, 11) is 0. The van der Waals surface area contributed by atoms with E-state index in [0.717, 1.165) is 31.0 Å². The lowest BCUT2D eigenvalue weighted by Crippen LogP contribution is -2.56. The summed E-state index contributed by atoms with van der Waals surface area (Å²) in [6.07, 6.45) is 7.05. The van der Waals surface area contributed by atoms with Crippen molar-refractivity contribution in [1.82, 2.24) is 24.8 Å². The predicted octanol–water partition coefficient (Wildman–Crippen LogP) is 1.97. The number of hydrogen-bond acceptors (Lipinski definition) is 4. The summed E-state index contributed by atoms with van der Waals surface area (Å²) in [6.45, 7) is 3.81. The first-order valence-corrected chi connectivity index (χ1v) is 8.56. The second kappa shape index (κ2) is 6.60. The maximum absolute atomic E-state index is 12.5. The monoisotopic (exact) mass is 326 g/mol. The fourth-order valence-corrected chi connectivity index (χ4v) is 3.57. The van der Waals surface area contributed by atoms with Gasteiger partial charge in [0.25, 0.3) is 0 Å². The molecule has 1 aromatic heterocycles. The Morgan fingerprint density at radius 3 is 2.62 bits per heavy atom. The summed E-state index contributed by atoms with van der Waals surface area (Å²) in [6, 6.07) is 8.08. The third kappa shape index (κ3) is 3.12. The van der Waals surface area contributed by atoms with E-state index >= 15 is 0 Å². The number of aromatic nitrogens is 3. The molecule has 2 amide bonds. The number of fused-ring (bicyclic) bond motifs is 1. The van der Waals surface area contributed by atoms with Crippen LogP contribution >= 0.6 is 0 Å². The summed E-state index contributed by atoms with van der Waals surface area (Å²) >= 11 is 0. The van der Waals surface area contributed by atoms with Crippen LogP contribution in [0.2, 0.25) is 0 Å². The molecule has 2 aliphatic heterocycles. The maximum Gasteiger partial charge on any atom is 0.321 e. The predicted molar refractivity (Wildman–Crippen MR) is 91.2 cm³/mol. The van der Waals surface area contributed by atoms with Crippen LogP contribution in [0.3, 0.4) is 0 Å². The summed E-state index contributed by atoms with van der Waals surface area (Å²) in [5.74, 6) is 0. The number of amides is 2. The van der Waals surface area contributed by atoms with Gasteiger partial charge in [-0.2, -0.15) is 15.0 Å². The zero-order chi connectivity index (χ0) is 16.4. The van der Waals surface area contributed by atoms with Gasteiger partial charge in [0.15, 0.2) is 0 Å². The Labute approximate surface area is 141 Å². The molecule has 0 saturated carbocycles. The third-order valence-corrected chi connectivity index (χ3v) is 4.89. The normalized spacial score (nSPS) is 21.3. The molecule has 7 heteroatoms. The van der Waals surface area contributed by atoms with Gasteiger partial charge >= 0.3 is 6.03 Å². The molecule has 3 heterocycles. The number of hydrogen-bond donors (Lipinski definition) is 1. The average molecular weight is 326 g/mol. The standard InChI is InChI=1S/C17H22N6O/c24-17(22-12-11-21-10-2-1-3-16(21)13-22)20-14-4-6-15(7-5-14)23-18-8-9-19-23/h4-9,16H,1-3,10-13H2,(H,20,24)/t16-/m1/s1. The molecule has 0 radical (unpaired) electrons. The van der Waals surface area contributed by atoms with E-state index in [4.69, 9.17) is 0 Å². The molecule has 0 unspecified atom stereocenters. The largest absolute Gasteiger partial charge is 0.322 e. The summed E-state index contributed by atoms with van der Waals surface area (Å²) in [5.41, 5.74) is 1.66. The Balaban J connectivity index is 1.37. The highest BCUT2D eigenvalue weighted by molar-refractivity contribution is 5.89. The lowest BCUT2D eigenvalue weighted by atomic mass is 10.00. The van der Waals surface area contributed by atoms with Gasteiger partial charge in [0.1, 0.15) is 0 Å². The fraction of sp³-hybridized carbons (Fsp3) is 0.471. The van der Waals surface area contributed by atoms with Gasteiger partial charge in [-0.3, -0.25) is 4.90 Å². The lowest BCUT2D eigenvalue weighted by molar-refractivity contribution is 0.0678. The van der Waals surface area contributed by atoms with Crippen molar-refractivity contribution in [2.45, 2.75) is 25.3 Å². The Morgan fingerprint density at radius 2 is 1.83 bits per heavy atom. The van der Waals surface area contributed by atoms with Gasteiger partial charge in [-0.15, -0.1) is 0 Å². The SMILES string of the molecule is O=C(Nc1ccc(-n2nccn2)cc1)N1CCN2CCCC[C@@H]2C1. The second-order valence-electron chi connectivity index (χ2n) is 6.43. The first-order valence-electron chi connectivity index (χ1n) is 8.56. The van der Waals surface area contributed by atoms with Crippen molar-refractivity contribution in [1.29, 1.82) is 0 Å². The van der Waals surface area contributed by atoms with Crippen molar-refractivity contribution in [3.05, 3.63) is 36.7 Å². The van der Waals surface area contributed by atoms with Crippen molar-refractivity contribution >= 4 is 11.7 Å². The molecule has 2 aromatic rings. The molecule has 126 valence electrons. The lowest BCUT2D eigenvalue weighted by Gasteiger charge is -2.43. The number of benzene rings is 1. The summed E-state index contributed by atoms with van der Waals surface area (Å²) in [4.78, 5) is 18.5. The molecule has 0 spiro atoms. The first-order chi connectivity index (χ1) is 11.8. The number of anilines is 1. The van der Waals surface area contributed by atoms with E-state index in [1.807, 2.05) is 29.2 Å². The first kappa shape index (κ1) is 15.1. The quantitative estimate of drug-likeness (QED) is 0.916. The van der Waals surface area contributed by atoms with Crippen molar-refractivity contribution in [2.24, 2.45) is 0 Å². The molecule has 2 fully saturated rings. The van der Waals surface area contributed by atoms with Crippen molar-refractivity contribution in [3.8, 4) is 5.69 Å². The Hall–Kier alpha value is -2.41. The van der Waals surface area contributed by atoms with Gasteiger partial charge in [0.05, 0.1) is 18.1 Å². The molecule has 7 nitrogen and oxygen atoms in total. The zero-order valence-electron chi connectivity index (χ0n) is 13.6. The molecular formula is C17H22N6O. The van der Waals surface area contributed by atoms with Crippen LogP contribution in [0.4, 0.5) is 10.5 Å². The molecule has 1 atom stereocenters. The second-order valence-corrected chi connectivity index (χ2v) is 6.43. The van der Waals surface area contributed by atoms with Crippen LogP contribution in [0.5, 0.6) is 0 Å². The number of nitrogens with one attached hydrogen (secondary N) is 1. The highest BCUT2D eigenvalue weighted by atomic mass is 16.2. The van der Waals surface area contributed by atoms with Crippen molar-refractivity contribution < 1.29 is 4.79 Å². The number of piperazine rings is 1. The molecule has 0 bridgehead atoms. The molecule has 1 N–H and O–H groups in total. The summed E-state index contributed by atoms with van der Waals surface area (Å²) in [5, 5.41) is 11.2. The average Bonchev–Trinajstić information content (AvgIpc) is 3.16. The van der Waals surface area contributed by atoms with E-state index in [2.05, 4.69) is 20.4 Å². The Bertz CT molecular complexity index is 684. The number of carbonyl (C=O) groups excluding carboxylic acids is 1. The number of rotatable bonds is 2. The minimum Gasteiger partial charge on any atom is -0.322 e. The smallest absolute Gasteiger partial charge is 0.321 e. The van der Waals surface area contributed by atoms with E-state index in [0.29, 0.717) is 6.04 Å². The minimum atomic E-state index is -0.00909. The zero-order valence-corrected chi connectivity index (χ0v) is 13.6. The van der Waals surface area contributed by atoms with E-state index in [1.165, 1.54) is 25.8 Å². The number of carbonyl (C=O) groups is 1. The van der Waals surface area contributed by atoms with E-state index in [1.54, 1.807) is 17.2 Å². The minimum absolute atomic E-state index is 0.00909. The molecule has 24 heavy (non-hydrogen) atoms. The van der Waals surface area contributed by atoms with Gasteiger partial charge in [-0.25, -0.2) is 4.79 Å². The Morgan fingerprint density at radius 1 is 1.04 bits per heavy atom. The molecule has 1 aromatic carbocycles. The van der Waals surface area contributed by atoms with E-state index in [9.17, 15) is 4.79 Å². The molecule has 2 aliphatic rings. The maximum atomic E-state index is 12.5. The van der Waals surface area contributed by atoms with E-state index < -0.39 is 0 Å². The molecule has 4 rings (SSSR count). The van der Waals surface area contributed by atoms with Gasteiger partial charge in [-0.05, 0) is 43.7 Å². The number of nitrogens with zero attached hydrogens (tertiary/aromatic N) is 5. The van der Waals surface area contributed by atoms with Crippen LogP contribution in [0.25, 0.3) is 5.69 Å². The number of urea groups is 1. The van der Waals surface area contributed by atoms with Gasteiger partial charge in [0, 0.05) is 31.4 Å². The highest BCUT2D eigenvalue weighted by Crippen LogP contribution is 2.21. The Kier molecular flexibility index (Phi) is 4.17. The molecular weight excluding hydrogens is 304 g/mol. The van der Waals surface area contributed by atoms with Crippen LogP contribution in [0.1, 0.15) is 19.3 Å². The highest BCUT2D eigenvalue weighted by Gasteiger charge is 2.30. The molecule has 0 aliphatic carbocycles. The van der Waals surface area contributed by atoms with Gasteiger partial charge in [0.2, 0.25) is 0 Å². The van der Waals surface area contributed by atoms with Crippen LogP contribution in [-0.4, -0.2) is 63.0 Å². The summed E-state index contributed by atoms with van der Waals surface area (Å²) < 4.78 is 0. The topological polar surface area (TPSA) is 66.3 Å². The van der Waals surface area contributed by atoms with Crippen LogP contribution in [-0.2, 0) is 0 Å².